The van der Waals surface area contributed by atoms with Gasteiger partial charge in [0, 0.05) is 17.8 Å². The average molecular weight is 404 g/mol. The zero-order valence-electron chi connectivity index (χ0n) is 15.9. The summed E-state index contributed by atoms with van der Waals surface area (Å²) in [4.78, 5) is 39.8. The van der Waals surface area contributed by atoms with Crippen molar-refractivity contribution >= 4 is 29.1 Å². The predicted octanol–water partition coefficient (Wildman–Crippen LogP) is 3.95. The number of benzene rings is 2. The van der Waals surface area contributed by atoms with E-state index in [0.717, 1.165) is 20.9 Å². The second-order valence-electron chi connectivity index (χ2n) is 6.98. The second kappa shape index (κ2) is 8.01. The number of amides is 3. The van der Waals surface area contributed by atoms with Crippen LogP contribution >= 0.6 is 11.3 Å². The lowest BCUT2D eigenvalue weighted by Crippen LogP contribution is -2.35. The number of hydrogen-bond donors (Lipinski definition) is 1. The number of rotatable bonds is 6. The highest BCUT2D eigenvalue weighted by atomic mass is 32.1. The van der Waals surface area contributed by atoms with Crippen molar-refractivity contribution in [1.82, 2.24) is 10.2 Å². The number of nitrogens with one attached hydrogen (secondary N) is 1. The summed E-state index contributed by atoms with van der Waals surface area (Å²) in [5, 5.41) is 5.03. The Morgan fingerprint density at radius 3 is 2.21 bits per heavy atom. The minimum atomic E-state index is -0.341. The van der Waals surface area contributed by atoms with Gasteiger partial charge in [-0.1, -0.05) is 48.0 Å². The maximum atomic E-state index is 12.7. The third-order valence-electron chi connectivity index (χ3n) is 4.98. The van der Waals surface area contributed by atoms with Crippen LogP contribution in [0.3, 0.4) is 0 Å². The number of fused-ring (bicyclic) bond motifs is 1. The van der Waals surface area contributed by atoms with Crippen LogP contribution in [0.5, 0.6) is 0 Å². The van der Waals surface area contributed by atoms with Crippen molar-refractivity contribution in [3.05, 3.63) is 93.2 Å². The van der Waals surface area contributed by atoms with Crippen molar-refractivity contribution in [2.24, 2.45) is 0 Å². The molecule has 146 valence electrons. The lowest BCUT2D eigenvalue weighted by atomic mass is 10.0. The predicted molar refractivity (Wildman–Crippen MR) is 112 cm³/mol. The standard InChI is InChI=1S/C23H20N2O3S/c1-15-8-10-16(11-9-15)21(19-7-4-14-29-19)24-20(26)12-13-25-22(27)17-5-2-3-6-18(17)23(25)28/h2-11,14,21H,12-13H2,1H3,(H,24,26)/t21-/m1/s1. The van der Waals surface area contributed by atoms with Gasteiger partial charge in [-0.25, -0.2) is 0 Å². The van der Waals surface area contributed by atoms with Gasteiger partial charge in [0.05, 0.1) is 17.2 Å². The first-order valence-electron chi connectivity index (χ1n) is 9.39. The number of imide groups is 1. The first-order chi connectivity index (χ1) is 14.0. The van der Waals surface area contributed by atoms with Gasteiger partial charge < -0.3 is 5.32 Å². The topological polar surface area (TPSA) is 66.5 Å². The van der Waals surface area contributed by atoms with Crippen LogP contribution in [0, 0.1) is 6.92 Å². The van der Waals surface area contributed by atoms with Crippen molar-refractivity contribution in [3.8, 4) is 0 Å². The van der Waals surface area contributed by atoms with Crippen LogP contribution in [0.25, 0.3) is 0 Å². The van der Waals surface area contributed by atoms with Crippen LogP contribution in [0.1, 0.15) is 49.2 Å². The van der Waals surface area contributed by atoms with Gasteiger partial charge in [-0.15, -0.1) is 11.3 Å². The van der Waals surface area contributed by atoms with E-state index in [9.17, 15) is 14.4 Å². The van der Waals surface area contributed by atoms with Gasteiger partial charge in [0.25, 0.3) is 11.8 Å². The fourth-order valence-corrected chi connectivity index (χ4v) is 4.22. The Bertz CT molecular complexity index is 1020. The Labute approximate surface area is 173 Å². The molecule has 0 fully saturated rings. The first kappa shape index (κ1) is 19.1. The summed E-state index contributed by atoms with van der Waals surface area (Å²) in [5.74, 6) is -0.890. The molecule has 1 aliphatic heterocycles. The monoisotopic (exact) mass is 404 g/mol. The van der Waals surface area contributed by atoms with Gasteiger partial charge in [0.2, 0.25) is 5.91 Å². The third kappa shape index (κ3) is 3.84. The Balaban J connectivity index is 1.45. The van der Waals surface area contributed by atoms with Gasteiger partial charge in [-0.05, 0) is 36.1 Å². The van der Waals surface area contributed by atoms with Crippen LogP contribution in [-0.4, -0.2) is 29.2 Å². The molecule has 6 heteroatoms. The minimum absolute atomic E-state index is 0.0548. The van der Waals surface area contributed by atoms with Crippen molar-refractivity contribution in [2.45, 2.75) is 19.4 Å². The maximum Gasteiger partial charge on any atom is 0.261 e. The number of nitrogens with zero attached hydrogens (tertiary/aromatic N) is 1. The molecule has 0 bridgehead atoms. The molecule has 29 heavy (non-hydrogen) atoms. The zero-order valence-corrected chi connectivity index (χ0v) is 16.7. The van der Waals surface area contributed by atoms with Crippen LogP contribution < -0.4 is 5.32 Å². The third-order valence-corrected chi connectivity index (χ3v) is 5.92. The molecule has 2 aromatic carbocycles. The summed E-state index contributed by atoms with van der Waals surface area (Å²) < 4.78 is 0. The van der Waals surface area contributed by atoms with Crippen molar-refractivity contribution in [2.75, 3.05) is 6.54 Å². The van der Waals surface area contributed by atoms with E-state index >= 15 is 0 Å². The molecule has 0 aliphatic carbocycles. The molecule has 4 rings (SSSR count). The molecule has 1 aliphatic rings. The largest absolute Gasteiger partial charge is 0.344 e. The van der Waals surface area contributed by atoms with E-state index < -0.39 is 0 Å². The Kier molecular flexibility index (Phi) is 5.27. The molecule has 0 unspecified atom stereocenters. The maximum absolute atomic E-state index is 12.7. The van der Waals surface area contributed by atoms with E-state index in [1.807, 2.05) is 48.7 Å². The molecule has 0 spiro atoms. The van der Waals surface area contributed by atoms with Crippen LogP contribution in [-0.2, 0) is 4.79 Å². The SMILES string of the molecule is Cc1ccc([C@@H](NC(=O)CCN2C(=O)c3ccccc3C2=O)c2cccs2)cc1. The summed E-state index contributed by atoms with van der Waals surface area (Å²) in [6, 6.07) is 18.5. The van der Waals surface area contributed by atoms with E-state index in [4.69, 9.17) is 0 Å². The highest BCUT2D eigenvalue weighted by molar-refractivity contribution is 7.10. The Morgan fingerprint density at radius 2 is 1.62 bits per heavy atom. The molecule has 0 saturated heterocycles. The number of thiophene rings is 1. The summed E-state index contributed by atoms with van der Waals surface area (Å²) in [6.07, 6.45) is 0.0548. The number of hydrogen-bond acceptors (Lipinski definition) is 4. The quantitative estimate of drug-likeness (QED) is 0.633. The molecule has 0 saturated carbocycles. The Hall–Kier alpha value is -3.25. The van der Waals surface area contributed by atoms with Gasteiger partial charge in [0.1, 0.15) is 0 Å². The number of aryl methyl sites for hydroxylation is 1. The van der Waals surface area contributed by atoms with E-state index in [-0.39, 0.29) is 36.7 Å². The molecule has 1 N–H and O–H groups in total. The average Bonchev–Trinajstić information content (AvgIpc) is 3.34. The fourth-order valence-electron chi connectivity index (χ4n) is 3.42. The smallest absolute Gasteiger partial charge is 0.261 e. The van der Waals surface area contributed by atoms with Crippen molar-refractivity contribution in [3.63, 3.8) is 0 Å². The number of carbonyl (C=O) groups excluding carboxylic acids is 3. The molecular weight excluding hydrogens is 384 g/mol. The van der Waals surface area contributed by atoms with Crippen LogP contribution in [0.15, 0.2) is 66.0 Å². The summed E-state index contributed by atoms with van der Waals surface area (Å²) >= 11 is 1.57. The van der Waals surface area contributed by atoms with E-state index in [0.29, 0.717) is 11.1 Å². The van der Waals surface area contributed by atoms with E-state index in [2.05, 4.69) is 5.32 Å². The molecule has 1 aromatic heterocycles. The molecule has 3 amide bonds. The highest BCUT2D eigenvalue weighted by Crippen LogP contribution is 2.27. The second-order valence-corrected chi connectivity index (χ2v) is 7.96. The molecule has 1 atom stereocenters. The summed E-state index contributed by atoms with van der Waals surface area (Å²) in [5.41, 5.74) is 2.94. The normalized spacial score (nSPS) is 14.0. The molecule has 0 radical (unpaired) electrons. The van der Waals surface area contributed by atoms with E-state index in [1.165, 1.54) is 0 Å². The lowest BCUT2D eigenvalue weighted by Gasteiger charge is -2.19. The van der Waals surface area contributed by atoms with Gasteiger partial charge in [-0.2, -0.15) is 0 Å². The van der Waals surface area contributed by atoms with Crippen molar-refractivity contribution < 1.29 is 14.4 Å². The van der Waals surface area contributed by atoms with Crippen molar-refractivity contribution in [1.29, 1.82) is 0 Å². The minimum Gasteiger partial charge on any atom is -0.344 e. The van der Waals surface area contributed by atoms with Gasteiger partial charge >= 0.3 is 0 Å². The molecule has 5 nitrogen and oxygen atoms in total. The number of carbonyl (C=O) groups is 3. The fraction of sp³-hybridized carbons (Fsp3) is 0.174. The lowest BCUT2D eigenvalue weighted by molar-refractivity contribution is -0.121. The zero-order chi connectivity index (χ0) is 20.4. The highest BCUT2D eigenvalue weighted by Gasteiger charge is 2.35. The van der Waals surface area contributed by atoms with E-state index in [1.54, 1.807) is 35.6 Å². The molecular formula is C23H20N2O3S. The van der Waals surface area contributed by atoms with Crippen LogP contribution in [0.2, 0.25) is 0 Å². The summed E-state index contributed by atoms with van der Waals surface area (Å²) in [6.45, 7) is 2.08. The van der Waals surface area contributed by atoms with Gasteiger partial charge in [-0.3, -0.25) is 19.3 Å². The molecule has 2 heterocycles. The summed E-state index contributed by atoms with van der Waals surface area (Å²) in [7, 11) is 0. The first-order valence-corrected chi connectivity index (χ1v) is 10.3. The van der Waals surface area contributed by atoms with Crippen LogP contribution in [0.4, 0.5) is 0 Å². The molecule has 3 aromatic rings. The van der Waals surface area contributed by atoms with Gasteiger partial charge in [0.15, 0.2) is 0 Å². The Morgan fingerprint density at radius 1 is 0.966 bits per heavy atom.